The van der Waals surface area contributed by atoms with Crippen LogP contribution in [0.5, 0.6) is 11.5 Å². The third kappa shape index (κ3) is 3.55. The number of aliphatic imine (C=N–C) groups is 1. The maximum atomic E-state index is 13.1. The van der Waals surface area contributed by atoms with Crippen molar-refractivity contribution in [3.8, 4) is 11.5 Å². The van der Waals surface area contributed by atoms with Gasteiger partial charge in [0.05, 0.1) is 25.3 Å². The summed E-state index contributed by atoms with van der Waals surface area (Å²) in [5.41, 5.74) is 2.62. The van der Waals surface area contributed by atoms with Gasteiger partial charge in [-0.2, -0.15) is 0 Å². The van der Waals surface area contributed by atoms with Crippen LogP contribution < -0.4 is 14.4 Å². The number of nitrogens with zero attached hydrogens (tertiary/aromatic N) is 3. The van der Waals surface area contributed by atoms with Crippen molar-refractivity contribution < 1.29 is 14.3 Å². The summed E-state index contributed by atoms with van der Waals surface area (Å²) >= 11 is 0. The summed E-state index contributed by atoms with van der Waals surface area (Å²) in [6.45, 7) is 0.672. The SMILES string of the molecule is CN=C1C(c2nc3ccccc3[nH]2)C(=O)CCCN1c1cc(OC)cc(OC)c1. The number of aromatic amines is 1. The highest BCUT2D eigenvalue weighted by Gasteiger charge is 2.35. The third-order valence-corrected chi connectivity index (χ3v) is 5.22. The molecule has 150 valence electrons. The van der Waals surface area contributed by atoms with Gasteiger partial charge in [0.25, 0.3) is 0 Å². The number of benzene rings is 2. The number of fused-ring (bicyclic) bond motifs is 1. The van der Waals surface area contributed by atoms with Gasteiger partial charge in [0.1, 0.15) is 29.1 Å². The van der Waals surface area contributed by atoms with Gasteiger partial charge in [-0.3, -0.25) is 9.79 Å². The number of nitrogens with one attached hydrogen (secondary N) is 1. The van der Waals surface area contributed by atoms with Crippen molar-refractivity contribution in [3.05, 3.63) is 48.3 Å². The molecule has 29 heavy (non-hydrogen) atoms. The minimum absolute atomic E-state index is 0.113. The number of amidine groups is 1. The Morgan fingerprint density at radius 3 is 2.52 bits per heavy atom. The average molecular weight is 392 g/mol. The standard InChI is InChI=1S/C22H24N4O3/c1-23-22-20(21-24-17-7-4-5-8-18(17)25-21)19(27)9-6-10-26(22)14-11-15(28-2)13-16(12-14)29-3/h4-5,7-8,11-13,20H,6,9-10H2,1-3H3,(H,24,25). The molecule has 1 N–H and O–H groups in total. The Labute approximate surface area is 169 Å². The van der Waals surface area contributed by atoms with Crippen molar-refractivity contribution in [3.63, 3.8) is 0 Å². The summed E-state index contributed by atoms with van der Waals surface area (Å²) in [6, 6.07) is 13.5. The van der Waals surface area contributed by atoms with E-state index in [9.17, 15) is 4.79 Å². The van der Waals surface area contributed by atoms with Crippen molar-refractivity contribution >= 4 is 28.3 Å². The molecule has 0 spiro atoms. The smallest absolute Gasteiger partial charge is 0.151 e. The lowest BCUT2D eigenvalue weighted by atomic mass is 9.99. The number of carbonyl (C=O) groups excluding carboxylic acids is 1. The molecular formula is C22H24N4O3. The number of aromatic nitrogens is 2. The summed E-state index contributed by atoms with van der Waals surface area (Å²) < 4.78 is 10.9. The summed E-state index contributed by atoms with van der Waals surface area (Å²) in [7, 11) is 4.96. The van der Waals surface area contributed by atoms with E-state index < -0.39 is 5.92 Å². The maximum absolute atomic E-state index is 13.1. The lowest BCUT2D eigenvalue weighted by Crippen LogP contribution is -2.36. The first-order valence-corrected chi connectivity index (χ1v) is 9.59. The second-order valence-electron chi connectivity index (χ2n) is 6.95. The third-order valence-electron chi connectivity index (χ3n) is 5.22. The van der Waals surface area contributed by atoms with Crippen LogP contribution in [0, 0.1) is 0 Å². The quantitative estimate of drug-likeness (QED) is 0.734. The van der Waals surface area contributed by atoms with E-state index in [0.29, 0.717) is 36.1 Å². The minimum atomic E-state index is -0.549. The van der Waals surface area contributed by atoms with Gasteiger partial charge in [0, 0.05) is 43.9 Å². The van der Waals surface area contributed by atoms with Crippen molar-refractivity contribution in [1.29, 1.82) is 0 Å². The normalized spacial score (nSPS) is 18.9. The molecular weight excluding hydrogens is 368 g/mol. The Kier molecular flexibility index (Phi) is 5.20. The highest BCUT2D eigenvalue weighted by molar-refractivity contribution is 6.16. The Bertz CT molecular complexity index is 1020. The largest absolute Gasteiger partial charge is 0.497 e. The molecule has 1 fully saturated rings. The number of ether oxygens (including phenoxy) is 2. The van der Waals surface area contributed by atoms with Crippen molar-refractivity contribution in [1.82, 2.24) is 9.97 Å². The first kappa shape index (κ1) is 19.0. The first-order chi connectivity index (χ1) is 14.1. The van der Waals surface area contributed by atoms with Crippen LogP contribution in [0.15, 0.2) is 47.5 Å². The monoisotopic (exact) mass is 392 g/mol. The molecule has 0 amide bonds. The molecule has 1 atom stereocenters. The van der Waals surface area contributed by atoms with Crippen LogP contribution in [0.25, 0.3) is 11.0 Å². The lowest BCUT2D eigenvalue weighted by molar-refractivity contribution is -0.119. The summed E-state index contributed by atoms with van der Waals surface area (Å²) in [5, 5.41) is 0. The van der Waals surface area contributed by atoms with Gasteiger partial charge >= 0.3 is 0 Å². The number of hydrogen-bond donors (Lipinski definition) is 1. The van der Waals surface area contributed by atoms with Crippen LogP contribution in [0.4, 0.5) is 5.69 Å². The molecule has 0 saturated carbocycles. The number of carbonyl (C=O) groups is 1. The fourth-order valence-electron chi connectivity index (χ4n) is 3.81. The van der Waals surface area contributed by atoms with E-state index in [4.69, 9.17) is 9.47 Å². The molecule has 2 aromatic carbocycles. The molecule has 7 heteroatoms. The summed E-state index contributed by atoms with van der Waals surface area (Å²) in [4.78, 5) is 27.7. The van der Waals surface area contributed by atoms with Crippen molar-refractivity contribution in [2.45, 2.75) is 18.8 Å². The van der Waals surface area contributed by atoms with Gasteiger partial charge in [-0.25, -0.2) is 4.98 Å². The second-order valence-corrected chi connectivity index (χ2v) is 6.95. The van der Waals surface area contributed by atoms with Crippen LogP contribution in [-0.2, 0) is 4.79 Å². The number of anilines is 1. The fourth-order valence-corrected chi connectivity index (χ4v) is 3.81. The van der Waals surface area contributed by atoms with Crippen LogP contribution >= 0.6 is 0 Å². The summed E-state index contributed by atoms with van der Waals surface area (Å²) in [5.74, 6) is 2.23. The molecule has 7 nitrogen and oxygen atoms in total. The predicted octanol–water partition coefficient (Wildman–Crippen LogP) is 3.56. The zero-order valence-electron chi connectivity index (χ0n) is 16.8. The number of H-pyrrole nitrogens is 1. The molecule has 1 unspecified atom stereocenters. The van der Waals surface area contributed by atoms with E-state index in [1.807, 2.05) is 42.5 Å². The minimum Gasteiger partial charge on any atom is -0.497 e. The lowest BCUT2D eigenvalue weighted by Gasteiger charge is -2.27. The van der Waals surface area contributed by atoms with Gasteiger partial charge < -0.3 is 19.4 Å². The van der Waals surface area contributed by atoms with Gasteiger partial charge in [0.15, 0.2) is 5.78 Å². The van der Waals surface area contributed by atoms with Crippen LogP contribution in [-0.4, -0.2) is 49.4 Å². The Hall–Kier alpha value is -3.35. The van der Waals surface area contributed by atoms with Crippen LogP contribution in [0.3, 0.4) is 0 Å². The number of methoxy groups -OCH3 is 2. The molecule has 1 aromatic heterocycles. The van der Waals surface area contributed by atoms with Crippen LogP contribution in [0.1, 0.15) is 24.6 Å². The number of ketones is 1. The molecule has 3 aromatic rings. The van der Waals surface area contributed by atoms with E-state index in [0.717, 1.165) is 23.1 Å². The maximum Gasteiger partial charge on any atom is 0.151 e. The number of para-hydroxylation sites is 2. The van der Waals surface area contributed by atoms with E-state index in [-0.39, 0.29) is 5.78 Å². The molecule has 0 aliphatic carbocycles. The molecule has 2 heterocycles. The van der Waals surface area contributed by atoms with E-state index in [2.05, 4.69) is 19.9 Å². The highest BCUT2D eigenvalue weighted by Crippen LogP contribution is 2.33. The first-order valence-electron chi connectivity index (χ1n) is 9.59. The van der Waals surface area contributed by atoms with E-state index >= 15 is 0 Å². The van der Waals surface area contributed by atoms with Crippen molar-refractivity contribution in [2.24, 2.45) is 4.99 Å². The van der Waals surface area contributed by atoms with E-state index in [1.165, 1.54) is 0 Å². The Morgan fingerprint density at radius 2 is 1.86 bits per heavy atom. The molecule has 1 saturated heterocycles. The Balaban J connectivity index is 1.81. The topological polar surface area (TPSA) is 79.8 Å². The zero-order valence-corrected chi connectivity index (χ0v) is 16.8. The van der Waals surface area contributed by atoms with Crippen LogP contribution in [0.2, 0.25) is 0 Å². The van der Waals surface area contributed by atoms with Crippen molar-refractivity contribution in [2.75, 3.05) is 32.7 Å². The molecule has 1 aliphatic rings. The van der Waals surface area contributed by atoms with E-state index in [1.54, 1.807) is 21.3 Å². The number of hydrogen-bond acceptors (Lipinski definition) is 5. The molecule has 4 rings (SSSR count). The number of imidazole rings is 1. The number of rotatable bonds is 4. The van der Waals surface area contributed by atoms with Gasteiger partial charge in [-0.05, 0) is 18.6 Å². The van der Waals surface area contributed by atoms with Gasteiger partial charge in [0.2, 0.25) is 0 Å². The Morgan fingerprint density at radius 1 is 1.14 bits per heavy atom. The molecule has 0 bridgehead atoms. The van der Waals surface area contributed by atoms with Gasteiger partial charge in [-0.1, -0.05) is 12.1 Å². The zero-order chi connectivity index (χ0) is 20.4. The second kappa shape index (κ2) is 7.95. The predicted molar refractivity (Wildman–Crippen MR) is 113 cm³/mol. The average Bonchev–Trinajstić information content (AvgIpc) is 3.10. The number of Topliss-reactive ketones (excluding diaryl/α,β-unsaturated/α-hetero) is 1. The highest BCUT2D eigenvalue weighted by atomic mass is 16.5. The molecule has 1 aliphatic heterocycles. The fraction of sp³-hybridized carbons (Fsp3) is 0.318. The molecule has 0 radical (unpaired) electrons. The van der Waals surface area contributed by atoms with Gasteiger partial charge in [-0.15, -0.1) is 0 Å². The summed E-state index contributed by atoms with van der Waals surface area (Å²) in [6.07, 6.45) is 1.20.